The third kappa shape index (κ3) is 3.30. The smallest absolute Gasteiger partial charge is 0.293 e. The van der Waals surface area contributed by atoms with E-state index < -0.39 is 16.4 Å². The van der Waals surface area contributed by atoms with Crippen LogP contribution in [-0.2, 0) is 0 Å². The first-order valence-electron chi connectivity index (χ1n) is 6.87. The van der Waals surface area contributed by atoms with Crippen LogP contribution in [0.1, 0.15) is 41.6 Å². The first-order chi connectivity index (χ1) is 9.82. The number of anilines is 1. The molecule has 0 saturated heterocycles. The van der Waals surface area contributed by atoms with Crippen molar-refractivity contribution in [2.45, 2.75) is 38.2 Å². The van der Waals surface area contributed by atoms with Gasteiger partial charge in [-0.2, -0.15) is 0 Å². The summed E-state index contributed by atoms with van der Waals surface area (Å²) in [5.41, 5.74) is 5.06. The number of carbonyl (C=O) groups excluding carboxylic acids is 1. The van der Waals surface area contributed by atoms with Gasteiger partial charge in [0.15, 0.2) is 0 Å². The molecular weight excluding hydrogens is 274 g/mol. The van der Waals surface area contributed by atoms with Gasteiger partial charge in [0.2, 0.25) is 0 Å². The summed E-state index contributed by atoms with van der Waals surface area (Å²) in [4.78, 5) is 22.5. The highest BCUT2D eigenvalue weighted by Gasteiger charge is 2.32. The van der Waals surface area contributed by atoms with Crippen LogP contribution < -0.4 is 11.1 Å². The molecule has 7 heteroatoms. The lowest BCUT2D eigenvalue weighted by Gasteiger charge is -2.22. The monoisotopic (exact) mass is 293 g/mol. The van der Waals surface area contributed by atoms with E-state index in [9.17, 15) is 20.0 Å². The number of nitrogens with one attached hydrogen (secondary N) is 1. The predicted octanol–water partition coefficient (Wildman–Crippen LogP) is 1.52. The summed E-state index contributed by atoms with van der Waals surface area (Å²) in [6.07, 6.45) is 3.17. The van der Waals surface area contributed by atoms with Gasteiger partial charge in [0.05, 0.1) is 16.1 Å². The summed E-state index contributed by atoms with van der Waals surface area (Å²) in [6, 6.07) is 2.84. The predicted molar refractivity (Wildman–Crippen MR) is 78.0 cm³/mol. The molecule has 0 aromatic heterocycles. The van der Waals surface area contributed by atoms with Crippen LogP contribution in [0, 0.1) is 17.0 Å². The molecule has 1 aromatic carbocycles. The fourth-order valence-electron chi connectivity index (χ4n) is 2.67. The number of hydrogen-bond acceptors (Lipinski definition) is 5. The van der Waals surface area contributed by atoms with Crippen molar-refractivity contribution in [2.24, 2.45) is 0 Å². The van der Waals surface area contributed by atoms with Crippen LogP contribution in [0.2, 0.25) is 0 Å². The minimum Gasteiger partial charge on any atom is -0.393 e. The maximum absolute atomic E-state index is 12.2. The third-order valence-corrected chi connectivity index (χ3v) is 3.86. The van der Waals surface area contributed by atoms with Gasteiger partial charge in [0, 0.05) is 12.6 Å². The molecule has 0 atom stereocenters. The van der Waals surface area contributed by atoms with E-state index in [-0.39, 0.29) is 23.5 Å². The Labute approximate surface area is 122 Å². The van der Waals surface area contributed by atoms with Crippen LogP contribution in [0.25, 0.3) is 0 Å². The number of hydrogen-bond donors (Lipinski definition) is 3. The van der Waals surface area contributed by atoms with Crippen LogP contribution in [0.3, 0.4) is 0 Å². The summed E-state index contributed by atoms with van der Waals surface area (Å²) in [7, 11) is 0. The molecule has 1 aromatic rings. The number of nitrogens with zero attached hydrogens (tertiary/aromatic N) is 1. The first-order valence-corrected chi connectivity index (χ1v) is 6.87. The van der Waals surface area contributed by atoms with E-state index in [2.05, 4.69) is 5.32 Å². The number of aliphatic hydroxyl groups is 1. The van der Waals surface area contributed by atoms with E-state index in [0.717, 1.165) is 12.8 Å². The fourth-order valence-corrected chi connectivity index (χ4v) is 2.67. The van der Waals surface area contributed by atoms with Crippen molar-refractivity contribution in [1.82, 2.24) is 5.32 Å². The van der Waals surface area contributed by atoms with Crippen LogP contribution in [0.5, 0.6) is 0 Å². The van der Waals surface area contributed by atoms with Gasteiger partial charge < -0.3 is 16.2 Å². The first kappa shape index (κ1) is 15.2. The van der Waals surface area contributed by atoms with E-state index >= 15 is 0 Å². The van der Waals surface area contributed by atoms with Gasteiger partial charge in [-0.15, -0.1) is 0 Å². The van der Waals surface area contributed by atoms with Crippen LogP contribution in [0.4, 0.5) is 11.4 Å². The van der Waals surface area contributed by atoms with Crippen molar-refractivity contribution in [1.29, 1.82) is 0 Å². The highest BCUT2D eigenvalue weighted by molar-refractivity contribution is 6.01. The van der Waals surface area contributed by atoms with Crippen molar-refractivity contribution in [3.63, 3.8) is 0 Å². The van der Waals surface area contributed by atoms with Gasteiger partial charge in [-0.05, 0) is 31.4 Å². The zero-order valence-electron chi connectivity index (χ0n) is 11.9. The molecular formula is C14H19N3O4. The normalized spacial score (nSPS) is 16.7. The average molecular weight is 293 g/mol. The van der Waals surface area contributed by atoms with Gasteiger partial charge in [0.1, 0.15) is 5.69 Å². The second-order valence-electron chi connectivity index (χ2n) is 5.62. The minimum atomic E-state index is -0.875. The van der Waals surface area contributed by atoms with Crippen molar-refractivity contribution in [3.8, 4) is 0 Å². The van der Waals surface area contributed by atoms with E-state index in [1.54, 1.807) is 6.92 Å². The van der Waals surface area contributed by atoms with Crippen molar-refractivity contribution in [3.05, 3.63) is 33.4 Å². The molecule has 1 saturated carbocycles. The van der Waals surface area contributed by atoms with Crippen molar-refractivity contribution in [2.75, 3.05) is 12.3 Å². The highest BCUT2D eigenvalue weighted by atomic mass is 16.6. The largest absolute Gasteiger partial charge is 0.393 e. The lowest BCUT2D eigenvalue weighted by Crippen LogP contribution is -2.41. The number of carbonyl (C=O) groups is 1. The molecule has 2 rings (SSSR count). The second-order valence-corrected chi connectivity index (χ2v) is 5.62. The molecule has 1 aliphatic rings. The van der Waals surface area contributed by atoms with E-state index in [1.165, 1.54) is 12.1 Å². The molecule has 114 valence electrons. The Morgan fingerprint density at radius 1 is 1.48 bits per heavy atom. The maximum atomic E-state index is 12.2. The number of nitro benzene ring substituents is 1. The standard InChI is InChI=1S/C14H19N3O4/c1-9-6-10(12(15)11(7-9)17(20)21)13(18)16-8-14(19)4-2-3-5-14/h6-7,19H,2-5,8,15H2,1H3,(H,16,18). The van der Waals surface area contributed by atoms with E-state index in [0.29, 0.717) is 18.4 Å². The molecule has 4 N–H and O–H groups in total. The van der Waals surface area contributed by atoms with Crippen molar-refractivity contribution >= 4 is 17.3 Å². The number of benzene rings is 1. The number of aryl methyl sites for hydroxylation is 1. The zero-order chi connectivity index (χ0) is 15.6. The number of nitrogens with two attached hydrogens (primary N) is 1. The molecule has 0 bridgehead atoms. The number of rotatable bonds is 4. The average Bonchev–Trinajstić information content (AvgIpc) is 2.85. The molecule has 0 spiro atoms. The Bertz CT molecular complexity index is 580. The van der Waals surface area contributed by atoms with Crippen LogP contribution >= 0.6 is 0 Å². The number of nitro groups is 1. The SMILES string of the molecule is Cc1cc(C(=O)NCC2(O)CCCC2)c(N)c([N+](=O)[O-])c1. The summed E-state index contributed by atoms with van der Waals surface area (Å²) < 4.78 is 0. The Balaban J connectivity index is 2.17. The van der Waals surface area contributed by atoms with Gasteiger partial charge in [-0.3, -0.25) is 14.9 Å². The van der Waals surface area contributed by atoms with Gasteiger partial charge in [0.25, 0.3) is 11.6 Å². The molecule has 0 radical (unpaired) electrons. The minimum absolute atomic E-state index is 0.0725. The molecule has 1 amide bonds. The van der Waals surface area contributed by atoms with Gasteiger partial charge in [-0.1, -0.05) is 12.8 Å². The number of nitrogen functional groups attached to an aromatic ring is 1. The quantitative estimate of drug-likeness (QED) is 0.442. The topological polar surface area (TPSA) is 118 Å². The summed E-state index contributed by atoms with van der Waals surface area (Å²) in [5.74, 6) is -0.500. The van der Waals surface area contributed by atoms with Gasteiger partial charge >= 0.3 is 0 Å². The lowest BCUT2D eigenvalue weighted by molar-refractivity contribution is -0.384. The van der Waals surface area contributed by atoms with Gasteiger partial charge in [-0.25, -0.2) is 0 Å². The molecule has 1 fully saturated rings. The highest BCUT2D eigenvalue weighted by Crippen LogP contribution is 2.30. The molecule has 0 aliphatic heterocycles. The lowest BCUT2D eigenvalue weighted by atomic mass is 10.0. The van der Waals surface area contributed by atoms with E-state index in [1.807, 2.05) is 0 Å². The zero-order valence-corrected chi connectivity index (χ0v) is 11.9. The maximum Gasteiger partial charge on any atom is 0.293 e. The Kier molecular flexibility index (Phi) is 4.13. The second kappa shape index (κ2) is 5.69. The molecule has 0 heterocycles. The fraction of sp³-hybridized carbons (Fsp3) is 0.500. The molecule has 1 aliphatic carbocycles. The van der Waals surface area contributed by atoms with Crippen molar-refractivity contribution < 1.29 is 14.8 Å². The molecule has 7 nitrogen and oxygen atoms in total. The van der Waals surface area contributed by atoms with Crippen LogP contribution in [-0.4, -0.2) is 28.1 Å². The molecule has 0 unspecified atom stereocenters. The summed E-state index contributed by atoms with van der Waals surface area (Å²) in [5, 5.41) is 23.7. The van der Waals surface area contributed by atoms with Crippen LogP contribution in [0.15, 0.2) is 12.1 Å². The van der Waals surface area contributed by atoms with E-state index in [4.69, 9.17) is 5.73 Å². The summed E-state index contributed by atoms with van der Waals surface area (Å²) >= 11 is 0. The third-order valence-electron chi connectivity index (χ3n) is 3.86. The Hall–Kier alpha value is -2.15. The number of amides is 1. The molecule has 21 heavy (non-hydrogen) atoms. The Morgan fingerprint density at radius 2 is 2.10 bits per heavy atom. The summed E-state index contributed by atoms with van der Waals surface area (Å²) in [6.45, 7) is 1.79. The Morgan fingerprint density at radius 3 is 2.67 bits per heavy atom.